The molecule has 1 N–H and O–H groups in total. The lowest BCUT2D eigenvalue weighted by atomic mass is 10.00. The van der Waals surface area contributed by atoms with Crippen LogP contribution in [0.4, 0.5) is 0 Å². The minimum absolute atomic E-state index is 0.706. The topological polar surface area (TPSA) is 35.8 Å². The minimum atomic E-state index is 0.706. The predicted molar refractivity (Wildman–Crippen MR) is 45.1 cm³/mol. The van der Waals surface area contributed by atoms with Gasteiger partial charge >= 0.3 is 0 Å². The van der Waals surface area contributed by atoms with Gasteiger partial charge in [-0.05, 0) is 32.2 Å². The van der Waals surface area contributed by atoms with Crippen LogP contribution >= 0.6 is 0 Å². The molecule has 1 rings (SSSR count). The maximum Gasteiger partial charge on any atom is 0.0621 e. The van der Waals surface area contributed by atoms with E-state index in [1.54, 1.807) is 0 Å². The number of piperidine rings is 1. The van der Waals surface area contributed by atoms with E-state index in [9.17, 15) is 0 Å². The average molecular weight is 152 g/mol. The molecule has 1 saturated heterocycles. The van der Waals surface area contributed by atoms with E-state index in [-0.39, 0.29) is 0 Å². The molecule has 1 heterocycles. The van der Waals surface area contributed by atoms with Gasteiger partial charge in [-0.2, -0.15) is 5.26 Å². The fraction of sp³-hybridized carbons (Fsp3) is 0.889. The molecule has 0 spiro atoms. The standard InChI is InChI=1S/C9H16N2/c10-7-3-1-5-9-6-2-4-8-11-9/h9,11H,1-6,8H2. The van der Waals surface area contributed by atoms with Crippen LogP contribution in [0.15, 0.2) is 0 Å². The molecule has 1 fully saturated rings. The molecular formula is C9H16N2. The van der Waals surface area contributed by atoms with Crippen molar-refractivity contribution in [2.24, 2.45) is 0 Å². The summed E-state index contributed by atoms with van der Waals surface area (Å²) in [5, 5.41) is 11.8. The monoisotopic (exact) mass is 152 g/mol. The largest absolute Gasteiger partial charge is 0.314 e. The molecule has 62 valence electrons. The summed E-state index contributed by atoms with van der Waals surface area (Å²) < 4.78 is 0. The maximum atomic E-state index is 8.33. The maximum absolute atomic E-state index is 8.33. The van der Waals surface area contributed by atoms with Crippen molar-refractivity contribution in [3.63, 3.8) is 0 Å². The molecule has 1 atom stereocenters. The van der Waals surface area contributed by atoms with Gasteiger partial charge < -0.3 is 5.32 Å². The summed E-state index contributed by atoms with van der Waals surface area (Å²) in [6, 6.07) is 2.89. The van der Waals surface area contributed by atoms with Crippen LogP contribution < -0.4 is 5.32 Å². The summed E-state index contributed by atoms with van der Waals surface area (Å²) in [4.78, 5) is 0. The van der Waals surface area contributed by atoms with Gasteiger partial charge in [-0.1, -0.05) is 6.42 Å². The van der Waals surface area contributed by atoms with Crippen LogP contribution in [0.5, 0.6) is 0 Å². The summed E-state index contributed by atoms with van der Waals surface area (Å²) in [5.41, 5.74) is 0. The molecule has 2 nitrogen and oxygen atoms in total. The summed E-state index contributed by atoms with van der Waals surface area (Å²) in [6.07, 6.45) is 6.98. The number of nitrogens with one attached hydrogen (secondary N) is 1. The lowest BCUT2D eigenvalue weighted by Gasteiger charge is -2.22. The highest BCUT2D eigenvalue weighted by Gasteiger charge is 2.10. The molecule has 0 bridgehead atoms. The Balaban J connectivity index is 2.01. The van der Waals surface area contributed by atoms with Crippen molar-refractivity contribution in [1.29, 1.82) is 5.26 Å². The first-order chi connectivity index (χ1) is 5.43. The second kappa shape index (κ2) is 5.15. The van der Waals surface area contributed by atoms with Gasteiger partial charge in [0.15, 0.2) is 0 Å². The Bertz CT molecular complexity index is 131. The summed E-state index contributed by atoms with van der Waals surface area (Å²) in [5.74, 6) is 0. The molecule has 0 radical (unpaired) electrons. The number of nitriles is 1. The van der Waals surface area contributed by atoms with E-state index in [0.29, 0.717) is 6.04 Å². The van der Waals surface area contributed by atoms with Gasteiger partial charge in [-0.3, -0.25) is 0 Å². The summed E-state index contributed by atoms with van der Waals surface area (Å²) in [7, 11) is 0. The molecule has 0 aromatic carbocycles. The molecule has 2 heteroatoms. The van der Waals surface area contributed by atoms with Crippen molar-refractivity contribution >= 4 is 0 Å². The minimum Gasteiger partial charge on any atom is -0.314 e. The molecule has 0 aliphatic carbocycles. The summed E-state index contributed by atoms with van der Waals surface area (Å²) >= 11 is 0. The van der Waals surface area contributed by atoms with E-state index in [1.165, 1.54) is 32.2 Å². The Morgan fingerprint density at radius 1 is 1.45 bits per heavy atom. The van der Waals surface area contributed by atoms with Crippen LogP contribution in [-0.2, 0) is 0 Å². The third-order valence-electron chi connectivity index (χ3n) is 2.25. The van der Waals surface area contributed by atoms with Gasteiger partial charge in [-0.15, -0.1) is 0 Å². The third-order valence-corrected chi connectivity index (χ3v) is 2.25. The van der Waals surface area contributed by atoms with Crippen LogP contribution in [0.25, 0.3) is 0 Å². The fourth-order valence-corrected chi connectivity index (χ4v) is 1.60. The Morgan fingerprint density at radius 3 is 3.00 bits per heavy atom. The van der Waals surface area contributed by atoms with Crippen molar-refractivity contribution in [3.8, 4) is 6.07 Å². The highest BCUT2D eigenvalue weighted by Crippen LogP contribution is 2.12. The molecule has 0 saturated carbocycles. The zero-order chi connectivity index (χ0) is 7.94. The number of unbranched alkanes of at least 4 members (excludes halogenated alkanes) is 1. The Kier molecular flexibility index (Phi) is 4.00. The van der Waals surface area contributed by atoms with E-state index in [2.05, 4.69) is 11.4 Å². The number of nitrogens with zero attached hydrogens (tertiary/aromatic N) is 1. The van der Waals surface area contributed by atoms with Gasteiger partial charge in [0.05, 0.1) is 6.07 Å². The second-order valence-electron chi connectivity index (χ2n) is 3.20. The van der Waals surface area contributed by atoms with E-state index in [1.807, 2.05) is 0 Å². The zero-order valence-corrected chi connectivity index (χ0v) is 6.97. The normalized spacial score (nSPS) is 24.5. The predicted octanol–water partition coefficient (Wildman–Crippen LogP) is 1.82. The van der Waals surface area contributed by atoms with Crippen molar-refractivity contribution < 1.29 is 0 Å². The van der Waals surface area contributed by atoms with Gasteiger partial charge in [0, 0.05) is 12.5 Å². The third kappa shape index (κ3) is 3.38. The molecule has 0 aromatic heterocycles. The van der Waals surface area contributed by atoms with Crippen molar-refractivity contribution in [2.75, 3.05) is 6.54 Å². The molecular weight excluding hydrogens is 136 g/mol. The SMILES string of the molecule is N#CCCCC1CCCCN1. The quantitative estimate of drug-likeness (QED) is 0.626. The van der Waals surface area contributed by atoms with Gasteiger partial charge in [-0.25, -0.2) is 0 Å². The first kappa shape index (κ1) is 8.55. The Labute approximate surface area is 68.6 Å². The Morgan fingerprint density at radius 2 is 2.36 bits per heavy atom. The van der Waals surface area contributed by atoms with Crippen molar-refractivity contribution in [1.82, 2.24) is 5.32 Å². The number of hydrogen-bond acceptors (Lipinski definition) is 2. The highest BCUT2D eigenvalue weighted by atomic mass is 14.9. The van der Waals surface area contributed by atoms with Gasteiger partial charge in [0.25, 0.3) is 0 Å². The lowest BCUT2D eigenvalue weighted by Crippen LogP contribution is -2.33. The lowest BCUT2D eigenvalue weighted by molar-refractivity contribution is 0.377. The number of rotatable bonds is 3. The Hall–Kier alpha value is -0.550. The van der Waals surface area contributed by atoms with Gasteiger partial charge in [0.1, 0.15) is 0 Å². The molecule has 1 aliphatic rings. The van der Waals surface area contributed by atoms with E-state index < -0.39 is 0 Å². The molecule has 1 aliphatic heterocycles. The van der Waals surface area contributed by atoms with Crippen LogP contribution in [-0.4, -0.2) is 12.6 Å². The molecule has 11 heavy (non-hydrogen) atoms. The van der Waals surface area contributed by atoms with E-state index in [0.717, 1.165) is 12.8 Å². The highest BCUT2D eigenvalue weighted by molar-refractivity contribution is 4.75. The fourth-order valence-electron chi connectivity index (χ4n) is 1.60. The molecule has 1 unspecified atom stereocenters. The number of hydrogen-bond donors (Lipinski definition) is 1. The van der Waals surface area contributed by atoms with Crippen molar-refractivity contribution in [3.05, 3.63) is 0 Å². The van der Waals surface area contributed by atoms with Crippen LogP contribution in [0.1, 0.15) is 38.5 Å². The van der Waals surface area contributed by atoms with Crippen LogP contribution in [0.3, 0.4) is 0 Å². The average Bonchev–Trinajstić information content (AvgIpc) is 2.07. The van der Waals surface area contributed by atoms with Crippen molar-refractivity contribution in [2.45, 2.75) is 44.6 Å². The van der Waals surface area contributed by atoms with Crippen LogP contribution in [0.2, 0.25) is 0 Å². The first-order valence-electron chi connectivity index (χ1n) is 4.54. The first-order valence-corrected chi connectivity index (χ1v) is 4.54. The molecule has 0 aromatic rings. The van der Waals surface area contributed by atoms with Gasteiger partial charge in [0.2, 0.25) is 0 Å². The second-order valence-corrected chi connectivity index (χ2v) is 3.20. The summed E-state index contributed by atoms with van der Waals surface area (Å²) in [6.45, 7) is 1.18. The smallest absolute Gasteiger partial charge is 0.0621 e. The zero-order valence-electron chi connectivity index (χ0n) is 6.97. The van der Waals surface area contributed by atoms with Crippen LogP contribution in [0, 0.1) is 11.3 Å². The molecule has 0 amide bonds. The van der Waals surface area contributed by atoms with E-state index in [4.69, 9.17) is 5.26 Å². The van der Waals surface area contributed by atoms with E-state index >= 15 is 0 Å².